The van der Waals surface area contributed by atoms with Gasteiger partial charge in [0.1, 0.15) is 0 Å². The smallest absolute Gasteiger partial charge is 0.0556 e. The first-order valence-electron chi connectivity index (χ1n) is 6.41. The summed E-state index contributed by atoms with van der Waals surface area (Å²) in [5.41, 5.74) is 0. The number of rotatable bonds is 5. The van der Waals surface area contributed by atoms with Crippen molar-refractivity contribution < 1.29 is 5.11 Å². The first kappa shape index (κ1) is 11.4. The molecule has 2 rings (SSSR count). The van der Waals surface area contributed by atoms with E-state index < -0.39 is 0 Å². The van der Waals surface area contributed by atoms with E-state index in [0.717, 1.165) is 18.5 Å². The number of hydrogen-bond donors (Lipinski definition) is 2. The maximum atomic E-state index is 8.83. The Morgan fingerprint density at radius 3 is 2.73 bits per heavy atom. The molecule has 2 atom stereocenters. The molecular formula is C12H24N2O. The van der Waals surface area contributed by atoms with E-state index in [9.17, 15) is 0 Å². The predicted octanol–water partition coefficient (Wildman–Crippen LogP) is 0.831. The number of hydrogen-bond acceptors (Lipinski definition) is 3. The van der Waals surface area contributed by atoms with Crippen LogP contribution in [0.1, 0.15) is 32.6 Å². The van der Waals surface area contributed by atoms with Crippen LogP contribution in [0.2, 0.25) is 0 Å². The Bertz CT molecular complexity index is 194. The van der Waals surface area contributed by atoms with Crippen molar-refractivity contribution in [3.05, 3.63) is 0 Å². The van der Waals surface area contributed by atoms with Crippen LogP contribution in [0.4, 0.5) is 0 Å². The highest BCUT2D eigenvalue weighted by molar-refractivity contribution is 4.92. The molecule has 0 aromatic rings. The van der Waals surface area contributed by atoms with Gasteiger partial charge in [0.15, 0.2) is 0 Å². The lowest BCUT2D eigenvalue weighted by Crippen LogP contribution is -2.50. The molecule has 3 heteroatoms. The number of aliphatic hydroxyl groups excluding tert-OH is 1. The van der Waals surface area contributed by atoms with Crippen LogP contribution in [-0.4, -0.2) is 48.3 Å². The van der Waals surface area contributed by atoms with E-state index in [-0.39, 0.29) is 6.61 Å². The van der Waals surface area contributed by atoms with E-state index in [1.165, 1.54) is 38.8 Å². The Labute approximate surface area is 92.8 Å². The van der Waals surface area contributed by atoms with E-state index in [2.05, 4.69) is 17.1 Å². The maximum absolute atomic E-state index is 8.83. The first-order valence-corrected chi connectivity index (χ1v) is 6.41. The standard InChI is InChI=1S/C12H24N2O/c1-2-10-7-11(13-5-6-15)9-14(8-10)12-3-4-12/h10-13,15H,2-9H2,1H3. The average Bonchev–Trinajstić information content (AvgIpc) is 3.09. The van der Waals surface area contributed by atoms with Crippen LogP contribution in [-0.2, 0) is 0 Å². The fourth-order valence-corrected chi connectivity index (χ4v) is 2.69. The Hall–Kier alpha value is -0.120. The van der Waals surface area contributed by atoms with Crippen LogP contribution in [0.3, 0.4) is 0 Å². The minimum atomic E-state index is 0.261. The molecule has 1 aliphatic carbocycles. The van der Waals surface area contributed by atoms with Crippen molar-refractivity contribution >= 4 is 0 Å². The molecule has 0 aromatic carbocycles. The lowest BCUT2D eigenvalue weighted by Gasteiger charge is -2.38. The molecule has 3 nitrogen and oxygen atoms in total. The number of nitrogens with one attached hydrogen (secondary N) is 1. The predicted molar refractivity (Wildman–Crippen MR) is 61.9 cm³/mol. The molecule has 2 fully saturated rings. The lowest BCUT2D eigenvalue weighted by molar-refractivity contribution is 0.128. The van der Waals surface area contributed by atoms with Crippen molar-refractivity contribution in [1.82, 2.24) is 10.2 Å². The monoisotopic (exact) mass is 212 g/mol. The van der Waals surface area contributed by atoms with Crippen LogP contribution in [0.15, 0.2) is 0 Å². The normalized spacial score (nSPS) is 33.2. The molecule has 0 spiro atoms. The van der Waals surface area contributed by atoms with Crippen molar-refractivity contribution in [2.24, 2.45) is 5.92 Å². The number of nitrogens with zero attached hydrogens (tertiary/aromatic N) is 1. The third-order valence-electron chi connectivity index (χ3n) is 3.75. The summed E-state index contributed by atoms with van der Waals surface area (Å²) in [6, 6.07) is 1.49. The van der Waals surface area contributed by atoms with Crippen molar-refractivity contribution in [2.75, 3.05) is 26.2 Å². The molecule has 15 heavy (non-hydrogen) atoms. The molecule has 0 aromatic heterocycles. The van der Waals surface area contributed by atoms with Crippen molar-refractivity contribution in [3.63, 3.8) is 0 Å². The fourth-order valence-electron chi connectivity index (χ4n) is 2.69. The third-order valence-corrected chi connectivity index (χ3v) is 3.75. The zero-order valence-corrected chi connectivity index (χ0v) is 9.78. The average molecular weight is 212 g/mol. The van der Waals surface area contributed by atoms with E-state index in [0.29, 0.717) is 6.04 Å². The van der Waals surface area contributed by atoms with Gasteiger partial charge in [0.05, 0.1) is 6.61 Å². The molecular weight excluding hydrogens is 188 g/mol. The van der Waals surface area contributed by atoms with E-state index in [4.69, 9.17) is 5.11 Å². The van der Waals surface area contributed by atoms with Gasteiger partial charge in [0.2, 0.25) is 0 Å². The van der Waals surface area contributed by atoms with Crippen molar-refractivity contribution in [3.8, 4) is 0 Å². The second kappa shape index (κ2) is 5.28. The molecule has 2 aliphatic rings. The third kappa shape index (κ3) is 3.16. The minimum Gasteiger partial charge on any atom is -0.395 e. The van der Waals surface area contributed by atoms with Crippen molar-refractivity contribution in [1.29, 1.82) is 0 Å². The van der Waals surface area contributed by atoms with Gasteiger partial charge in [0.25, 0.3) is 0 Å². The molecule has 1 heterocycles. The van der Waals surface area contributed by atoms with Crippen LogP contribution >= 0.6 is 0 Å². The molecule has 1 saturated heterocycles. The van der Waals surface area contributed by atoms with Gasteiger partial charge in [-0.1, -0.05) is 13.3 Å². The SMILES string of the molecule is CCC1CC(NCCO)CN(C2CC2)C1. The largest absolute Gasteiger partial charge is 0.395 e. The van der Waals surface area contributed by atoms with Crippen LogP contribution in [0.25, 0.3) is 0 Å². The molecule has 0 radical (unpaired) electrons. The zero-order valence-electron chi connectivity index (χ0n) is 9.78. The molecule has 0 amide bonds. The van der Waals surface area contributed by atoms with Gasteiger partial charge < -0.3 is 10.4 Å². The molecule has 2 unspecified atom stereocenters. The summed E-state index contributed by atoms with van der Waals surface area (Å²) >= 11 is 0. The molecule has 88 valence electrons. The highest BCUT2D eigenvalue weighted by atomic mass is 16.3. The molecule has 0 bridgehead atoms. The summed E-state index contributed by atoms with van der Waals surface area (Å²) in [5, 5.41) is 12.3. The molecule has 1 aliphatic heterocycles. The van der Waals surface area contributed by atoms with E-state index >= 15 is 0 Å². The Kier molecular flexibility index (Phi) is 4.00. The summed E-state index contributed by atoms with van der Waals surface area (Å²) in [6.07, 6.45) is 5.40. The van der Waals surface area contributed by atoms with Gasteiger partial charge in [-0.2, -0.15) is 0 Å². The zero-order chi connectivity index (χ0) is 10.7. The van der Waals surface area contributed by atoms with Gasteiger partial charge in [0, 0.05) is 31.7 Å². The van der Waals surface area contributed by atoms with E-state index in [1.54, 1.807) is 0 Å². The minimum absolute atomic E-state index is 0.261. The summed E-state index contributed by atoms with van der Waals surface area (Å²) in [7, 11) is 0. The van der Waals surface area contributed by atoms with Crippen LogP contribution in [0.5, 0.6) is 0 Å². The number of piperidine rings is 1. The molecule has 2 N–H and O–H groups in total. The summed E-state index contributed by atoms with van der Waals surface area (Å²) in [5.74, 6) is 0.857. The summed E-state index contributed by atoms with van der Waals surface area (Å²) in [6.45, 7) is 5.81. The quantitative estimate of drug-likeness (QED) is 0.708. The molecule has 1 saturated carbocycles. The Morgan fingerprint density at radius 2 is 2.13 bits per heavy atom. The first-order chi connectivity index (χ1) is 7.33. The topological polar surface area (TPSA) is 35.5 Å². The van der Waals surface area contributed by atoms with Gasteiger partial charge in [-0.3, -0.25) is 4.90 Å². The Morgan fingerprint density at radius 1 is 1.33 bits per heavy atom. The summed E-state index contributed by atoms with van der Waals surface area (Å²) in [4.78, 5) is 2.66. The second-order valence-corrected chi connectivity index (χ2v) is 5.07. The Balaban J connectivity index is 1.82. The van der Waals surface area contributed by atoms with Crippen LogP contribution in [0, 0.1) is 5.92 Å². The van der Waals surface area contributed by atoms with Gasteiger partial charge in [-0.25, -0.2) is 0 Å². The van der Waals surface area contributed by atoms with Crippen LogP contribution < -0.4 is 5.32 Å². The number of aliphatic hydroxyl groups is 1. The fraction of sp³-hybridized carbons (Fsp3) is 1.00. The van der Waals surface area contributed by atoms with Gasteiger partial charge in [-0.05, 0) is 25.2 Å². The van der Waals surface area contributed by atoms with Gasteiger partial charge in [-0.15, -0.1) is 0 Å². The van der Waals surface area contributed by atoms with Gasteiger partial charge >= 0.3 is 0 Å². The number of likely N-dealkylation sites (tertiary alicyclic amines) is 1. The maximum Gasteiger partial charge on any atom is 0.0556 e. The van der Waals surface area contributed by atoms with Crippen molar-refractivity contribution in [2.45, 2.75) is 44.7 Å². The highest BCUT2D eigenvalue weighted by Gasteiger charge is 2.35. The van der Waals surface area contributed by atoms with E-state index in [1.807, 2.05) is 0 Å². The lowest BCUT2D eigenvalue weighted by atomic mass is 9.92. The second-order valence-electron chi connectivity index (χ2n) is 5.07. The highest BCUT2D eigenvalue weighted by Crippen LogP contribution is 2.31. The summed E-state index contributed by atoms with van der Waals surface area (Å²) < 4.78 is 0.